The van der Waals surface area contributed by atoms with Crippen LogP contribution >= 0.6 is 0 Å². The Morgan fingerprint density at radius 2 is 1.71 bits per heavy atom. The molecule has 0 spiro atoms. The van der Waals surface area contributed by atoms with E-state index in [-0.39, 0.29) is 6.04 Å². The van der Waals surface area contributed by atoms with Crippen LogP contribution in [0.5, 0.6) is 0 Å². The standard InChI is InChI=1S/C20H26N8/c1-15(2)28-14-19(24-25-28)18-8-9-21-20(23-18)22-16-4-6-17(7-5-16)27-12-10-26(3)11-13-27/h4-9,14-15H,10-13H2,1-3H3,(H,21,22,23). The predicted molar refractivity (Wildman–Crippen MR) is 111 cm³/mol. The van der Waals surface area contributed by atoms with E-state index in [0.717, 1.165) is 43.3 Å². The second-order valence-corrected chi connectivity index (χ2v) is 7.41. The summed E-state index contributed by atoms with van der Waals surface area (Å²) >= 11 is 0. The fraction of sp³-hybridized carbons (Fsp3) is 0.400. The van der Waals surface area contributed by atoms with Gasteiger partial charge in [0.05, 0.1) is 11.9 Å². The lowest BCUT2D eigenvalue weighted by molar-refractivity contribution is 0.313. The van der Waals surface area contributed by atoms with Crippen LogP contribution in [0.3, 0.4) is 0 Å². The van der Waals surface area contributed by atoms with Crippen LogP contribution in [-0.2, 0) is 0 Å². The largest absolute Gasteiger partial charge is 0.369 e. The number of hydrogen-bond donors (Lipinski definition) is 1. The number of likely N-dealkylation sites (N-methyl/N-ethyl adjacent to an activating group) is 1. The maximum atomic E-state index is 4.58. The summed E-state index contributed by atoms with van der Waals surface area (Å²) in [5, 5.41) is 11.6. The van der Waals surface area contributed by atoms with Crippen LogP contribution in [0, 0.1) is 0 Å². The van der Waals surface area contributed by atoms with Gasteiger partial charge in [0.25, 0.3) is 0 Å². The summed E-state index contributed by atoms with van der Waals surface area (Å²) in [5.41, 5.74) is 3.70. The van der Waals surface area contributed by atoms with Gasteiger partial charge < -0.3 is 15.1 Å². The fourth-order valence-electron chi connectivity index (χ4n) is 3.16. The van der Waals surface area contributed by atoms with E-state index in [4.69, 9.17) is 0 Å². The summed E-state index contributed by atoms with van der Waals surface area (Å²) in [7, 11) is 2.17. The van der Waals surface area contributed by atoms with Crippen molar-refractivity contribution in [3.05, 3.63) is 42.7 Å². The maximum Gasteiger partial charge on any atom is 0.227 e. The van der Waals surface area contributed by atoms with E-state index in [1.165, 1.54) is 5.69 Å². The molecule has 1 N–H and O–H groups in total. The lowest BCUT2D eigenvalue weighted by atomic mass is 10.2. The second-order valence-electron chi connectivity index (χ2n) is 7.41. The van der Waals surface area contributed by atoms with Crippen molar-refractivity contribution in [1.82, 2.24) is 29.9 Å². The molecule has 1 aliphatic heterocycles. The van der Waals surface area contributed by atoms with E-state index in [0.29, 0.717) is 5.95 Å². The number of aromatic nitrogens is 5. The molecule has 3 aromatic rings. The molecule has 0 atom stereocenters. The second kappa shape index (κ2) is 7.93. The number of hydrogen-bond acceptors (Lipinski definition) is 7. The normalized spacial score (nSPS) is 15.2. The number of benzene rings is 1. The number of anilines is 3. The van der Waals surface area contributed by atoms with E-state index in [1.54, 1.807) is 6.20 Å². The van der Waals surface area contributed by atoms with Crippen LogP contribution in [0.4, 0.5) is 17.3 Å². The van der Waals surface area contributed by atoms with Gasteiger partial charge in [-0.3, -0.25) is 0 Å². The molecule has 0 saturated carbocycles. The highest BCUT2D eigenvalue weighted by atomic mass is 15.4. The first-order valence-corrected chi connectivity index (χ1v) is 9.64. The Labute approximate surface area is 165 Å². The molecule has 2 aromatic heterocycles. The van der Waals surface area contributed by atoms with Crippen LogP contribution in [0.1, 0.15) is 19.9 Å². The minimum absolute atomic E-state index is 0.263. The number of nitrogens with zero attached hydrogens (tertiary/aromatic N) is 7. The predicted octanol–water partition coefficient (Wildman–Crippen LogP) is 2.81. The summed E-state index contributed by atoms with van der Waals surface area (Å²) in [6.45, 7) is 8.45. The van der Waals surface area contributed by atoms with Gasteiger partial charge in [-0.1, -0.05) is 5.21 Å². The van der Waals surface area contributed by atoms with Gasteiger partial charge in [0.1, 0.15) is 5.69 Å². The molecule has 1 aromatic carbocycles. The van der Waals surface area contributed by atoms with Gasteiger partial charge >= 0.3 is 0 Å². The molecule has 0 amide bonds. The van der Waals surface area contributed by atoms with Gasteiger partial charge in [-0.05, 0) is 51.2 Å². The van der Waals surface area contributed by atoms with E-state index in [2.05, 4.69) is 80.6 Å². The van der Waals surface area contributed by atoms with Crippen LogP contribution in [0.15, 0.2) is 42.7 Å². The molecule has 1 fully saturated rings. The van der Waals surface area contributed by atoms with Crippen LogP contribution in [-0.4, -0.2) is 63.1 Å². The summed E-state index contributed by atoms with van der Waals surface area (Å²) in [4.78, 5) is 13.7. The Bertz CT molecular complexity index is 910. The zero-order valence-electron chi connectivity index (χ0n) is 16.6. The Kier molecular flexibility index (Phi) is 5.21. The zero-order valence-corrected chi connectivity index (χ0v) is 16.6. The van der Waals surface area contributed by atoms with Crippen molar-refractivity contribution in [3.8, 4) is 11.4 Å². The third kappa shape index (κ3) is 4.12. The Hall–Kier alpha value is -3.00. The Balaban J connectivity index is 1.45. The molecule has 0 unspecified atom stereocenters. The molecular formula is C20H26N8. The Morgan fingerprint density at radius 3 is 2.39 bits per heavy atom. The van der Waals surface area contributed by atoms with Gasteiger partial charge in [0.15, 0.2) is 0 Å². The monoisotopic (exact) mass is 378 g/mol. The molecule has 1 saturated heterocycles. The lowest BCUT2D eigenvalue weighted by Gasteiger charge is -2.34. The van der Waals surface area contributed by atoms with Crippen molar-refractivity contribution in [2.75, 3.05) is 43.4 Å². The number of piperazine rings is 1. The molecule has 28 heavy (non-hydrogen) atoms. The summed E-state index contributed by atoms with van der Waals surface area (Å²) in [6, 6.07) is 10.5. The summed E-state index contributed by atoms with van der Waals surface area (Å²) < 4.78 is 1.82. The van der Waals surface area contributed by atoms with Crippen LogP contribution in [0.2, 0.25) is 0 Å². The van der Waals surface area contributed by atoms with E-state index in [9.17, 15) is 0 Å². The van der Waals surface area contributed by atoms with Crippen LogP contribution < -0.4 is 10.2 Å². The van der Waals surface area contributed by atoms with Gasteiger partial charge in [-0.2, -0.15) is 0 Å². The highest BCUT2D eigenvalue weighted by molar-refractivity contribution is 5.61. The molecule has 3 heterocycles. The lowest BCUT2D eigenvalue weighted by Crippen LogP contribution is -2.44. The summed E-state index contributed by atoms with van der Waals surface area (Å²) in [6.07, 6.45) is 3.64. The molecule has 0 aliphatic carbocycles. The first kappa shape index (κ1) is 18.4. The number of nitrogens with one attached hydrogen (secondary N) is 1. The van der Waals surface area contributed by atoms with E-state index >= 15 is 0 Å². The average molecular weight is 378 g/mol. The maximum absolute atomic E-state index is 4.58. The zero-order chi connectivity index (χ0) is 19.5. The highest BCUT2D eigenvalue weighted by Gasteiger charge is 2.14. The van der Waals surface area contributed by atoms with Gasteiger partial charge in [0.2, 0.25) is 5.95 Å². The molecule has 0 radical (unpaired) electrons. The van der Waals surface area contributed by atoms with Crippen molar-refractivity contribution in [2.24, 2.45) is 0 Å². The number of rotatable bonds is 5. The first-order valence-electron chi connectivity index (χ1n) is 9.64. The van der Waals surface area contributed by atoms with Gasteiger partial charge in [-0.25, -0.2) is 14.6 Å². The van der Waals surface area contributed by atoms with E-state index in [1.807, 2.05) is 16.9 Å². The molecule has 8 heteroatoms. The average Bonchev–Trinajstić information content (AvgIpc) is 3.20. The Morgan fingerprint density at radius 1 is 0.964 bits per heavy atom. The third-order valence-electron chi connectivity index (χ3n) is 4.95. The smallest absolute Gasteiger partial charge is 0.227 e. The van der Waals surface area contributed by atoms with Gasteiger partial charge in [-0.15, -0.1) is 5.10 Å². The van der Waals surface area contributed by atoms with Crippen LogP contribution in [0.25, 0.3) is 11.4 Å². The SMILES string of the molecule is CC(C)n1cc(-c2ccnc(Nc3ccc(N4CCN(C)CC4)cc3)n2)nn1. The van der Waals surface area contributed by atoms with Gasteiger partial charge in [0, 0.05) is 49.8 Å². The minimum atomic E-state index is 0.263. The molecule has 4 rings (SSSR count). The van der Waals surface area contributed by atoms with Crippen molar-refractivity contribution in [1.29, 1.82) is 0 Å². The molecule has 8 nitrogen and oxygen atoms in total. The van der Waals surface area contributed by atoms with Crippen molar-refractivity contribution >= 4 is 17.3 Å². The topological polar surface area (TPSA) is 75.0 Å². The summed E-state index contributed by atoms with van der Waals surface area (Å²) in [5.74, 6) is 0.545. The van der Waals surface area contributed by atoms with Crippen molar-refractivity contribution < 1.29 is 0 Å². The first-order chi connectivity index (χ1) is 13.6. The molecule has 0 bridgehead atoms. The molecule has 1 aliphatic rings. The fourth-order valence-corrected chi connectivity index (χ4v) is 3.16. The molecule has 146 valence electrons. The van der Waals surface area contributed by atoms with E-state index < -0.39 is 0 Å². The quantitative estimate of drug-likeness (QED) is 0.732. The molecular weight excluding hydrogens is 352 g/mol. The highest BCUT2D eigenvalue weighted by Crippen LogP contribution is 2.22. The third-order valence-corrected chi connectivity index (χ3v) is 4.95. The van der Waals surface area contributed by atoms with Crippen molar-refractivity contribution in [3.63, 3.8) is 0 Å². The van der Waals surface area contributed by atoms with Crippen molar-refractivity contribution in [2.45, 2.75) is 19.9 Å². The minimum Gasteiger partial charge on any atom is -0.369 e.